The Bertz CT molecular complexity index is 231. The molecule has 16 heavy (non-hydrogen) atoms. The molecule has 0 heterocycles. The molecule has 0 radical (unpaired) electrons. The quantitative estimate of drug-likeness (QED) is 0.590. The SMILES string of the molecule is COCCNC(C)(CC(C)(C)OC)C(N)=O. The van der Waals surface area contributed by atoms with Crippen molar-refractivity contribution in [3.05, 3.63) is 0 Å². The Morgan fingerprint density at radius 1 is 1.31 bits per heavy atom. The van der Waals surface area contributed by atoms with E-state index in [1.165, 1.54) is 0 Å². The van der Waals surface area contributed by atoms with Gasteiger partial charge in [0.25, 0.3) is 0 Å². The smallest absolute Gasteiger partial charge is 0.237 e. The summed E-state index contributed by atoms with van der Waals surface area (Å²) in [5.41, 5.74) is 4.24. The molecule has 96 valence electrons. The summed E-state index contributed by atoms with van der Waals surface area (Å²) in [4.78, 5) is 11.5. The highest BCUT2D eigenvalue weighted by Crippen LogP contribution is 2.22. The Balaban J connectivity index is 4.51. The van der Waals surface area contributed by atoms with Gasteiger partial charge in [-0.25, -0.2) is 0 Å². The second-order valence-electron chi connectivity index (χ2n) is 4.76. The molecule has 0 aliphatic heterocycles. The number of rotatable bonds is 8. The van der Waals surface area contributed by atoms with E-state index < -0.39 is 11.1 Å². The molecule has 0 aromatic heterocycles. The van der Waals surface area contributed by atoms with Crippen LogP contribution in [0.15, 0.2) is 0 Å². The first kappa shape index (κ1) is 15.3. The number of carbonyl (C=O) groups is 1. The van der Waals surface area contributed by atoms with Gasteiger partial charge < -0.3 is 20.5 Å². The lowest BCUT2D eigenvalue weighted by Crippen LogP contribution is -2.57. The molecule has 5 heteroatoms. The van der Waals surface area contributed by atoms with Crippen LogP contribution in [0.2, 0.25) is 0 Å². The fraction of sp³-hybridized carbons (Fsp3) is 0.909. The Hall–Kier alpha value is -0.650. The molecular formula is C11H24N2O3. The van der Waals surface area contributed by atoms with Crippen LogP contribution in [0.3, 0.4) is 0 Å². The maximum atomic E-state index is 11.5. The number of primary amides is 1. The first-order valence-corrected chi connectivity index (χ1v) is 5.36. The summed E-state index contributed by atoms with van der Waals surface area (Å²) in [5.74, 6) is -0.381. The number of nitrogens with two attached hydrogens (primary N) is 1. The Labute approximate surface area is 97.7 Å². The summed E-state index contributed by atoms with van der Waals surface area (Å²) in [6.07, 6.45) is 0.509. The Morgan fingerprint density at radius 3 is 2.25 bits per heavy atom. The van der Waals surface area contributed by atoms with E-state index in [4.69, 9.17) is 15.2 Å². The van der Waals surface area contributed by atoms with E-state index in [0.717, 1.165) is 0 Å². The highest BCUT2D eigenvalue weighted by molar-refractivity contribution is 5.84. The predicted octanol–water partition coefficient (Wildman–Crippen LogP) is 0.282. The normalized spacial score (nSPS) is 15.8. The van der Waals surface area contributed by atoms with Crippen molar-refractivity contribution in [3.63, 3.8) is 0 Å². The summed E-state index contributed by atoms with van der Waals surface area (Å²) in [5, 5.41) is 3.11. The lowest BCUT2D eigenvalue weighted by atomic mass is 9.87. The fourth-order valence-corrected chi connectivity index (χ4v) is 1.59. The van der Waals surface area contributed by atoms with E-state index in [0.29, 0.717) is 19.6 Å². The van der Waals surface area contributed by atoms with Crippen molar-refractivity contribution in [3.8, 4) is 0 Å². The van der Waals surface area contributed by atoms with E-state index in [2.05, 4.69) is 5.32 Å². The predicted molar refractivity (Wildman–Crippen MR) is 63.2 cm³/mol. The monoisotopic (exact) mass is 232 g/mol. The van der Waals surface area contributed by atoms with Gasteiger partial charge in [-0.15, -0.1) is 0 Å². The van der Waals surface area contributed by atoms with E-state index in [-0.39, 0.29) is 5.91 Å². The highest BCUT2D eigenvalue weighted by Gasteiger charge is 2.36. The molecule has 0 aromatic carbocycles. The van der Waals surface area contributed by atoms with Crippen molar-refractivity contribution in [1.82, 2.24) is 5.32 Å². The van der Waals surface area contributed by atoms with Crippen LogP contribution < -0.4 is 11.1 Å². The average molecular weight is 232 g/mol. The molecule has 5 nitrogen and oxygen atoms in total. The number of amides is 1. The summed E-state index contributed by atoms with van der Waals surface area (Å²) in [6.45, 7) is 6.75. The van der Waals surface area contributed by atoms with Gasteiger partial charge in [0.05, 0.1) is 17.7 Å². The van der Waals surface area contributed by atoms with E-state index >= 15 is 0 Å². The van der Waals surface area contributed by atoms with E-state index in [1.807, 2.05) is 13.8 Å². The molecular weight excluding hydrogens is 208 g/mol. The van der Waals surface area contributed by atoms with Crippen LogP contribution in [0.1, 0.15) is 27.2 Å². The number of ether oxygens (including phenoxy) is 2. The van der Waals surface area contributed by atoms with Gasteiger partial charge in [0.1, 0.15) is 0 Å². The third-order valence-electron chi connectivity index (χ3n) is 2.70. The summed E-state index contributed by atoms with van der Waals surface area (Å²) >= 11 is 0. The number of methoxy groups -OCH3 is 2. The van der Waals surface area contributed by atoms with Crippen molar-refractivity contribution in [2.24, 2.45) is 5.73 Å². The second-order valence-corrected chi connectivity index (χ2v) is 4.76. The van der Waals surface area contributed by atoms with Crippen molar-refractivity contribution in [1.29, 1.82) is 0 Å². The van der Waals surface area contributed by atoms with Gasteiger partial charge in [-0.2, -0.15) is 0 Å². The van der Waals surface area contributed by atoms with Crippen molar-refractivity contribution in [2.75, 3.05) is 27.4 Å². The molecule has 0 aromatic rings. The third kappa shape index (κ3) is 4.92. The molecule has 0 saturated carbocycles. The van der Waals surface area contributed by atoms with Crippen LogP contribution in [-0.4, -0.2) is 44.4 Å². The topological polar surface area (TPSA) is 73.6 Å². The molecule has 0 aliphatic carbocycles. The van der Waals surface area contributed by atoms with Crippen LogP contribution in [0.25, 0.3) is 0 Å². The molecule has 0 fully saturated rings. The van der Waals surface area contributed by atoms with E-state index in [9.17, 15) is 4.79 Å². The van der Waals surface area contributed by atoms with Crippen molar-refractivity contribution in [2.45, 2.75) is 38.3 Å². The molecule has 0 rings (SSSR count). The van der Waals surface area contributed by atoms with Crippen LogP contribution in [0, 0.1) is 0 Å². The Kier molecular flexibility index (Phi) is 5.92. The van der Waals surface area contributed by atoms with Gasteiger partial charge in [0, 0.05) is 27.2 Å². The minimum atomic E-state index is -0.780. The van der Waals surface area contributed by atoms with Crippen LogP contribution in [0.4, 0.5) is 0 Å². The number of nitrogens with one attached hydrogen (secondary N) is 1. The average Bonchev–Trinajstić information content (AvgIpc) is 2.17. The first-order valence-electron chi connectivity index (χ1n) is 5.36. The van der Waals surface area contributed by atoms with Gasteiger partial charge in [-0.1, -0.05) is 0 Å². The van der Waals surface area contributed by atoms with Gasteiger partial charge in [0.15, 0.2) is 0 Å². The third-order valence-corrected chi connectivity index (χ3v) is 2.70. The van der Waals surface area contributed by atoms with Crippen LogP contribution in [0.5, 0.6) is 0 Å². The van der Waals surface area contributed by atoms with Crippen molar-refractivity contribution >= 4 is 5.91 Å². The molecule has 1 atom stereocenters. The molecule has 0 saturated heterocycles. The zero-order valence-corrected chi connectivity index (χ0v) is 10.9. The first-order chi connectivity index (χ1) is 7.27. The number of hydrogen-bond acceptors (Lipinski definition) is 4. The molecule has 0 bridgehead atoms. The second kappa shape index (κ2) is 6.18. The largest absolute Gasteiger partial charge is 0.383 e. The Morgan fingerprint density at radius 2 is 1.88 bits per heavy atom. The maximum Gasteiger partial charge on any atom is 0.237 e. The number of carbonyl (C=O) groups excluding carboxylic acids is 1. The van der Waals surface area contributed by atoms with Gasteiger partial charge in [0.2, 0.25) is 5.91 Å². The summed E-state index contributed by atoms with van der Waals surface area (Å²) < 4.78 is 10.2. The molecule has 0 spiro atoms. The van der Waals surface area contributed by atoms with Crippen LogP contribution in [-0.2, 0) is 14.3 Å². The lowest BCUT2D eigenvalue weighted by molar-refractivity contribution is -0.127. The minimum Gasteiger partial charge on any atom is -0.383 e. The zero-order valence-electron chi connectivity index (χ0n) is 10.9. The molecule has 3 N–H and O–H groups in total. The number of hydrogen-bond donors (Lipinski definition) is 2. The summed E-state index contributed by atoms with van der Waals surface area (Å²) in [7, 11) is 3.24. The van der Waals surface area contributed by atoms with E-state index in [1.54, 1.807) is 21.1 Å². The fourth-order valence-electron chi connectivity index (χ4n) is 1.59. The zero-order chi connectivity index (χ0) is 12.8. The van der Waals surface area contributed by atoms with Crippen molar-refractivity contribution < 1.29 is 14.3 Å². The standard InChI is InChI=1S/C11H24N2O3/c1-10(2,16-5)8-11(3,9(12)14)13-6-7-15-4/h13H,6-8H2,1-5H3,(H2,12,14). The summed E-state index contributed by atoms with van der Waals surface area (Å²) in [6, 6.07) is 0. The van der Waals surface area contributed by atoms with Crippen LogP contribution >= 0.6 is 0 Å². The van der Waals surface area contributed by atoms with Gasteiger partial charge >= 0.3 is 0 Å². The molecule has 1 unspecified atom stereocenters. The van der Waals surface area contributed by atoms with Gasteiger partial charge in [-0.3, -0.25) is 4.79 Å². The maximum absolute atomic E-state index is 11.5. The minimum absolute atomic E-state index is 0.381. The molecule has 0 aliphatic rings. The lowest BCUT2D eigenvalue weighted by Gasteiger charge is -2.35. The molecule has 1 amide bonds. The highest BCUT2D eigenvalue weighted by atomic mass is 16.5. The van der Waals surface area contributed by atoms with Gasteiger partial charge in [-0.05, 0) is 20.8 Å².